The average molecular weight is 579 g/mol. The third-order valence-electron chi connectivity index (χ3n) is 7.12. The van der Waals surface area contributed by atoms with Crippen LogP contribution in [0.1, 0.15) is 50.0 Å². The van der Waals surface area contributed by atoms with Crippen molar-refractivity contribution in [3.63, 3.8) is 0 Å². The second-order valence-electron chi connectivity index (χ2n) is 11.0. The monoisotopic (exact) mass is 578 g/mol. The standard InChI is InChI=1S/C31H38N4O5S/c1-5-40-27-20-25(21-32-22-27)28-9-7-6-8-23(28)12-15-29(36)35-18-16-34(17-19-35)26-13-10-24(11-14-26)30(37)33-41(38,39)31(2,3)4/h6-11,13-14,20-22H,5,12,15-19H2,1-4H3,(H,33,37). The lowest BCUT2D eigenvalue weighted by molar-refractivity contribution is -0.131. The molecule has 10 heteroatoms. The number of hydrogen-bond acceptors (Lipinski definition) is 7. The first-order valence-corrected chi connectivity index (χ1v) is 15.3. The minimum Gasteiger partial charge on any atom is -0.492 e. The Hall–Kier alpha value is -3.92. The van der Waals surface area contributed by atoms with Crippen LogP contribution in [0.2, 0.25) is 0 Å². The molecule has 0 unspecified atom stereocenters. The van der Waals surface area contributed by atoms with Gasteiger partial charge in [-0.25, -0.2) is 13.1 Å². The third kappa shape index (κ3) is 7.43. The number of nitrogens with one attached hydrogen (secondary N) is 1. The minimum absolute atomic E-state index is 0.118. The smallest absolute Gasteiger partial charge is 0.264 e. The van der Waals surface area contributed by atoms with E-state index in [9.17, 15) is 18.0 Å². The van der Waals surface area contributed by atoms with Crippen LogP contribution >= 0.6 is 0 Å². The van der Waals surface area contributed by atoms with Crippen LogP contribution in [0.5, 0.6) is 5.75 Å². The van der Waals surface area contributed by atoms with Crippen molar-refractivity contribution in [2.75, 3.05) is 37.7 Å². The van der Waals surface area contributed by atoms with Crippen LogP contribution in [0, 0.1) is 0 Å². The number of rotatable bonds is 9. The Labute approximate surface area is 242 Å². The molecule has 9 nitrogen and oxygen atoms in total. The summed E-state index contributed by atoms with van der Waals surface area (Å²) in [7, 11) is -3.79. The van der Waals surface area contributed by atoms with Crippen molar-refractivity contribution < 1.29 is 22.7 Å². The molecule has 2 heterocycles. The van der Waals surface area contributed by atoms with Gasteiger partial charge in [0.25, 0.3) is 5.91 Å². The van der Waals surface area contributed by atoms with Crippen LogP contribution < -0.4 is 14.4 Å². The molecule has 0 radical (unpaired) electrons. The maximum Gasteiger partial charge on any atom is 0.264 e. The number of pyridine rings is 1. The van der Waals surface area contributed by atoms with Gasteiger partial charge in [0, 0.05) is 55.6 Å². The zero-order valence-electron chi connectivity index (χ0n) is 24.1. The van der Waals surface area contributed by atoms with E-state index in [2.05, 4.69) is 20.7 Å². The number of aryl methyl sites for hydroxylation is 1. The zero-order chi connectivity index (χ0) is 29.6. The number of anilines is 1. The van der Waals surface area contributed by atoms with E-state index in [-0.39, 0.29) is 11.5 Å². The van der Waals surface area contributed by atoms with Crippen molar-refractivity contribution in [3.05, 3.63) is 78.1 Å². The Kier molecular flexibility index (Phi) is 9.32. The fourth-order valence-corrected chi connectivity index (χ4v) is 5.27. The van der Waals surface area contributed by atoms with E-state index >= 15 is 0 Å². The second kappa shape index (κ2) is 12.7. The molecule has 0 atom stereocenters. The van der Waals surface area contributed by atoms with Gasteiger partial charge >= 0.3 is 0 Å². The number of carbonyl (C=O) groups excluding carboxylic acids is 2. The molecule has 4 rings (SSSR count). The van der Waals surface area contributed by atoms with Crippen LogP contribution in [-0.4, -0.2) is 67.6 Å². The highest BCUT2D eigenvalue weighted by Crippen LogP contribution is 2.27. The maximum absolute atomic E-state index is 13.1. The molecule has 1 aromatic heterocycles. The van der Waals surface area contributed by atoms with E-state index in [1.807, 2.05) is 54.4 Å². The first-order chi connectivity index (χ1) is 19.5. The first kappa shape index (κ1) is 30.0. The molecule has 0 saturated carbocycles. The third-order valence-corrected chi connectivity index (χ3v) is 9.19. The molecule has 41 heavy (non-hydrogen) atoms. The Morgan fingerprint density at radius 1 is 0.976 bits per heavy atom. The molecule has 0 aliphatic carbocycles. The molecule has 3 aromatic rings. The summed E-state index contributed by atoms with van der Waals surface area (Å²) in [4.78, 5) is 33.9. The molecule has 2 aromatic carbocycles. The molecule has 1 aliphatic rings. The number of aromatic nitrogens is 1. The fourth-order valence-electron chi connectivity index (χ4n) is 4.60. The van der Waals surface area contributed by atoms with Crippen molar-refractivity contribution in [1.29, 1.82) is 0 Å². The minimum atomic E-state index is -3.79. The van der Waals surface area contributed by atoms with Gasteiger partial charge in [0.1, 0.15) is 5.75 Å². The van der Waals surface area contributed by atoms with Gasteiger partial charge < -0.3 is 14.5 Å². The highest BCUT2D eigenvalue weighted by Gasteiger charge is 2.31. The van der Waals surface area contributed by atoms with Gasteiger partial charge in [0.15, 0.2) is 0 Å². The normalized spacial score (nSPS) is 14.0. The van der Waals surface area contributed by atoms with Crippen LogP contribution in [0.4, 0.5) is 5.69 Å². The van der Waals surface area contributed by atoms with Gasteiger partial charge in [-0.2, -0.15) is 0 Å². The van der Waals surface area contributed by atoms with Crippen molar-refractivity contribution in [3.8, 4) is 16.9 Å². The Balaban J connectivity index is 1.31. The van der Waals surface area contributed by atoms with E-state index in [4.69, 9.17) is 4.74 Å². The molecule has 0 bridgehead atoms. The number of piperazine rings is 1. The first-order valence-electron chi connectivity index (χ1n) is 13.8. The summed E-state index contributed by atoms with van der Waals surface area (Å²) >= 11 is 0. The van der Waals surface area contributed by atoms with E-state index in [0.717, 1.165) is 28.1 Å². The van der Waals surface area contributed by atoms with Gasteiger partial charge in [-0.1, -0.05) is 24.3 Å². The van der Waals surface area contributed by atoms with Crippen LogP contribution in [0.25, 0.3) is 11.1 Å². The van der Waals surface area contributed by atoms with E-state index < -0.39 is 20.7 Å². The number of hydrogen-bond donors (Lipinski definition) is 1. The van der Waals surface area contributed by atoms with Crippen molar-refractivity contribution >= 4 is 27.5 Å². The maximum atomic E-state index is 13.1. The molecule has 218 valence electrons. The predicted octanol–water partition coefficient (Wildman–Crippen LogP) is 4.29. The second-order valence-corrected chi connectivity index (χ2v) is 13.4. The summed E-state index contributed by atoms with van der Waals surface area (Å²) in [5.41, 5.74) is 4.30. The van der Waals surface area contributed by atoms with Crippen LogP contribution in [0.15, 0.2) is 67.0 Å². The fraction of sp³-hybridized carbons (Fsp3) is 0.387. The summed E-state index contributed by atoms with van der Waals surface area (Å²) < 4.78 is 31.3. The lowest BCUT2D eigenvalue weighted by Gasteiger charge is -2.36. The number of sulfonamides is 1. The number of amides is 2. The molecule has 1 fully saturated rings. The molecule has 1 N–H and O–H groups in total. The van der Waals surface area contributed by atoms with Gasteiger partial charge in [-0.05, 0) is 75.6 Å². The molecule has 1 saturated heterocycles. The van der Waals surface area contributed by atoms with E-state index in [1.54, 1.807) is 18.3 Å². The van der Waals surface area contributed by atoms with Crippen molar-refractivity contribution in [2.45, 2.75) is 45.3 Å². The molecule has 1 aliphatic heterocycles. The SMILES string of the molecule is CCOc1cncc(-c2ccccc2CCC(=O)N2CCN(c3ccc(C(=O)NS(=O)(=O)C(C)(C)C)cc3)CC2)c1. The summed E-state index contributed by atoms with van der Waals surface area (Å²) in [5.74, 6) is 0.189. The van der Waals surface area contributed by atoms with Crippen molar-refractivity contribution in [1.82, 2.24) is 14.6 Å². The summed E-state index contributed by atoms with van der Waals surface area (Å²) in [6.07, 6.45) is 4.55. The molecule has 2 amide bonds. The zero-order valence-corrected chi connectivity index (χ0v) is 24.9. The van der Waals surface area contributed by atoms with Crippen LogP contribution in [0.3, 0.4) is 0 Å². The lowest BCUT2D eigenvalue weighted by Crippen LogP contribution is -2.48. The highest BCUT2D eigenvalue weighted by molar-refractivity contribution is 7.91. The largest absolute Gasteiger partial charge is 0.492 e. The lowest BCUT2D eigenvalue weighted by atomic mass is 9.97. The predicted molar refractivity (Wildman–Crippen MR) is 161 cm³/mol. The summed E-state index contributed by atoms with van der Waals surface area (Å²) in [6, 6.07) is 16.9. The number of ether oxygens (including phenoxy) is 1. The average Bonchev–Trinajstić information content (AvgIpc) is 2.96. The van der Waals surface area contributed by atoms with E-state index in [0.29, 0.717) is 45.6 Å². The molecule has 0 spiro atoms. The number of carbonyl (C=O) groups is 2. The number of benzene rings is 2. The van der Waals surface area contributed by atoms with Gasteiger partial charge in [0.05, 0.1) is 17.6 Å². The summed E-state index contributed by atoms with van der Waals surface area (Å²) in [6.45, 7) is 9.67. The van der Waals surface area contributed by atoms with Crippen LogP contribution in [-0.2, 0) is 21.2 Å². The van der Waals surface area contributed by atoms with Gasteiger partial charge in [-0.3, -0.25) is 14.6 Å². The van der Waals surface area contributed by atoms with Gasteiger partial charge in [0.2, 0.25) is 15.9 Å². The Morgan fingerprint density at radius 3 is 2.32 bits per heavy atom. The Morgan fingerprint density at radius 2 is 1.66 bits per heavy atom. The molecular weight excluding hydrogens is 540 g/mol. The van der Waals surface area contributed by atoms with Gasteiger partial charge in [-0.15, -0.1) is 0 Å². The molecular formula is C31H38N4O5S. The summed E-state index contributed by atoms with van der Waals surface area (Å²) in [5, 5.41) is 0. The van der Waals surface area contributed by atoms with E-state index in [1.165, 1.54) is 20.8 Å². The Bertz CT molecular complexity index is 1470. The highest BCUT2D eigenvalue weighted by atomic mass is 32.2. The topological polar surface area (TPSA) is 109 Å². The number of nitrogens with zero attached hydrogens (tertiary/aromatic N) is 3. The quantitative estimate of drug-likeness (QED) is 0.404. The van der Waals surface area contributed by atoms with Crippen molar-refractivity contribution in [2.24, 2.45) is 0 Å².